The number of nitrogens with zero attached hydrogens (tertiary/aromatic N) is 6. The second kappa shape index (κ2) is 8.44. The molecular weight excluding hydrogens is 435 g/mol. The van der Waals surface area contributed by atoms with Crippen molar-refractivity contribution in [3.05, 3.63) is 66.5 Å². The number of anilines is 3. The van der Waals surface area contributed by atoms with Crippen molar-refractivity contribution in [3.8, 4) is 11.9 Å². The number of nitrogens with one attached hydrogen (secondary N) is 2. The van der Waals surface area contributed by atoms with Crippen molar-refractivity contribution in [2.45, 2.75) is 33.2 Å². The Morgan fingerprint density at radius 3 is 2.76 bits per heavy atom. The molecule has 0 saturated carbocycles. The van der Waals surface area contributed by atoms with Gasteiger partial charge in [-0.15, -0.1) is 0 Å². The number of aryl methyl sites for hydroxylation is 2. The number of carbonyl (C=O) groups excluding carboxylic acids is 1. The molecule has 0 aliphatic carbocycles. The fourth-order valence-electron chi connectivity index (χ4n) is 3.47. The van der Waals surface area contributed by atoms with Gasteiger partial charge in [-0.25, -0.2) is 9.37 Å². The third-order valence-corrected chi connectivity index (χ3v) is 5.40. The highest BCUT2D eigenvalue weighted by Crippen LogP contribution is 2.28. The molecule has 0 atom stereocenters. The van der Waals surface area contributed by atoms with Crippen LogP contribution in [0.3, 0.4) is 0 Å². The monoisotopic (exact) mass is 458 g/mol. The standard InChI is InChI=1S/C24H23FN8O/c1-6-21(34)28-16-7-8-20-17(9-16)14(2)11-32(20)22-18(25)10-27-23(30-22)29-19-12-33(31-15(19)3)24(4,5)13-26/h6-12H,1H2,2-5H3,(H,28,34)(H,27,29,30). The molecule has 0 aliphatic heterocycles. The number of nitriles is 1. The smallest absolute Gasteiger partial charge is 0.247 e. The first-order valence-corrected chi connectivity index (χ1v) is 10.5. The van der Waals surface area contributed by atoms with Crippen LogP contribution in [0.2, 0.25) is 0 Å². The lowest BCUT2D eigenvalue weighted by atomic mass is 10.1. The molecule has 0 saturated heterocycles. The van der Waals surface area contributed by atoms with E-state index in [1.54, 1.807) is 54.5 Å². The molecule has 2 N–H and O–H groups in total. The Morgan fingerprint density at radius 1 is 1.29 bits per heavy atom. The summed E-state index contributed by atoms with van der Waals surface area (Å²) in [5, 5.41) is 20.4. The third-order valence-electron chi connectivity index (χ3n) is 5.40. The zero-order valence-electron chi connectivity index (χ0n) is 19.2. The van der Waals surface area contributed by atoms with E-state index < -0.39 is 11.4 Å². The van der Waals surface area contributed by atoms with Gasteiger partial charge in [-0.05, 0) is 57.5 Å². The Hall–Kier alpha value is -4.52. The number of rotatable bonds is 6. The molecule has 3 heterocycles. The number of carbonyl (C=O) groups is 1. The van der Waals surface area contributed by atoms with Gasteiger partial charge in [-0.2, -0.15) is 15.3 Å². The van der Waals surface area contributed by atoms with Crippen molar-refractivity contribution in [2.75, 3.05) is 10.6 Å². The third kappa shape index (κ3) is 4.11. The summed E-state index contributed by atoms with van der Waals surface area (Å²) in [4.78, 5) is 20.1. The van der Waals surface area contributed by atoms with E-state index in [0.29, 0.717) is 17.1 Å². The number of halogens is 1. The predicted molar refractivity (Wildman–Crippen MR) is 128 cm³/mol. The van der Waals surface area contributed by atoms with Crippen LogP contribution >= 0.6 is 0 Å². The van der Waals surface area contributed by atoms with Gasteiger partial charge in [0.15, 0.2) is 11.6 Å². The SMILES string of the molecule is C=CC(=O)Nc1ccc2c(c1)c(C)cn2-c1nc(Nc2cn(C(C)(C)C#N)nc2C)ncc1F. The first-order valence-electron chi connectivity index (χ1n) is 10.5. The van der Waals surface area contributed by atoms with Crippen LogP contribution in [0, 0.1) is 31.0 Å². The van der Waals surface area contributed by atoms with Gasteiger partial charge in [0.1, 0.15) is 5.54 Å². The summed E-state index contributed by atoms with van der Waals surface area (Å²) in [6.45, 7) is 10.6. The van der Waals surface area contributed by atoms with Gasteiger partial charge in [-0.1, -0.05) is 6.58 Å². The van der Waals surface area contributed by atoms with Crippen molar-refractivity contribution in [2.24, 2.45) is 0 Å². The van der Waals surface area contributed by atoms with Crippen molar-refractivity contribution < 1.29 is 9.18 Å². The first kappa shape index (κ1) is 22.7. The second-order valence-corrected chi connectivity index (χ2v) is 8.34. The molecule has 1 aromatic carbocycles. The zero-order chi connectivity index (χ0) is 24.6. The van der Waals surface area contributed by atoms with Gasteiger partial charge in [-0.3, -0.25) is 14.0 Å². The fraction of sp³-hybridized carbons (Fsp3) is 0.208. The Morgan fingerprint density at radius 2 is 2.06 bits per heavy atom. The highest BCUT2D eigenvalue weighted by atomic mass is 19.1. The Bertz CT molecular complexity index is 1470. The molecule has 172 valence electrons. The molecule has 4 aromatic rings. The van der Waals surface area contributed by atoms with E-state index in [4.69, 9.17) is 0 Å². The van der Waals surface area contributed by atoms with E-state index >= 15 is 0 Å². The fourth-order valence-corrected chi connectivity index (χ4v) is 3.47. The second-order valence-electron chi connectivity index (χ2n) is 8.34. The van der Waals surface area contributed by atoms with Crippen LogP contribution < -0.4 is 10.6 Å². The molecule has 0 fully saturated rings. The summed E-state index contributed by atoms with van der Waals surface area (Å²) in [6.07, 6.45) is 5.76. The largest absolute Gasteiger partial charge is 0.323 e. The lowest BCUT2D eigenvalue weighted by molar-refractivity contribution is -0.111. The quantitative estimate of drug-likeness (QED) is 0.411. The Kier molecular flexibility index (Phi) is 5.63. The van der Waals surface area contributed by atoms with Crippen molar-refractivity contribution in [3.63, 3.8) is 0 Å². The molecular formula is C24H23FN8O. The molecule has 10 heteroatoms. The summed E-state index contributed by atoms with van der Waals surface area (Å²) in [5.41, 5.74) is 2.64. The average molecular weight is 459 g/mol. The lowest BCUT2D eigenvalue weighted by Crippen LogP contribution is -2.24. The van der Waals surface area contributed by atoms with E-state index in [-0.39, 0.29) is 17.7 Å². The van der Waals surface area contributed by atoms with E-state index in [2.05, 4.69) is 38.3 Å². The van der Waals surface area contributed by atoms with Crippen LogP contribution in [0.4, 0.5) is 21.7 Å². The summed E-state index contributed by atoms with van der Waals surface area (Å²) >= 11 is 0. The number of fused-ring (bicyclic) bond motifs is 1. The molecule has 0 spiro atoms. The van der Waals surface area contributed by atoms with Gasteiger partial charge in [0.25, 0.3) is 0 Å². The van der Waals surface area contributed by atoms with E-state index in [9.17, 15) is 14.4 Å². The topological polar surface area (TPSA) is 113 Å². The van der Waals surface area contributed by atoms with Crippen LogP contribution in [0.5, 0.6) is 0 Å². The van der Waals surface area contributed by atoms with Crippen LogP contribution in [0.15, 0.2) is 49.4 Å². The number of benzene rings is 1. The average Bonchev–Trinajstić information content (AvgIpc) is 3.35. The van der Waals surface area contributed by atoms with E-state index in [1.165, 1.54) is 6.08 Å². The van der Waals surface area contributed by atoms with Gasteiger partial charge >= 0.3 is 0 Å². The van der Waals surface area contributed by atoms with Gasteiger partial charge in [0, 0.05) is 17.3 Å². The van der Waals surface area contributed by atoms with Crippen LogP contribution in [-0.4, -0.2) is 30.2 Å². The summed E-state index contributed by atoms with van der Waals surface area (Å²) in [6, 6.07) is 7.53. The lowest BCUT2D eigenvalue weighted by Gasteiger charge is -2.15. The molecule has 0 bridgehead atoms. The van der Waals surface area contributed by atoms with Crippen molar-refractivity contribution in [1.29, 1.82) is 5.26 Å². The predicted octanol–water partition coefficient (Wildman–Crippen LogP) is 4.50. The van der Waals surface area contributed by atoms with Gasteiger partial charge < -0.3 is 10.6 Å². The van der Waals surface area contributed by atoms with Crippen LogP contribution in [-0.2, 0) is 10.3 Å². The summed E-state index contributed by atoms with van der Waals surface area (Å²) in [5.74, 6) is -0.653. The number of aromatic nitrogens is 5. The highest BCUT2D eigenvalue weighted by molar-refractivity contribution is 6.00. The molecule has 0 unspecified atom stereocenters. The molecule has 9 nitrogen and oxygen atoms in total. The van der Waals surface area contributed by atoms with Gasteiger partial charge in [0.2, 0.25) is 11.9 Å². The summed E-state index contributed by atoms with van der Waals surface area (Å²) in [7, 11) is 0. The normalized spacial score (nSPS) is 11.3. The number of amides is 1. The molecule has 1 amide bonds. The van der Waals surface area contributed by atoms with E-state index in [0.717, 1.165) is 22.7 Å². The number of hydrogen-bond acceptors (Lipinski definition) is 6. The Labute approximate surface area is 195 Å². The molecule has 4 rings (SSSR count). The first-order chi connectivity index (χ1) is 16.1. The maximum Gasteiger partial charge on any atom is 0.247 e. The van der Waals surface area contributed by atoms with Gasteiger partial charge in [0.05, 0.1) is 35.4 Å². The zero-order valence-corrected chi connectivity index (χ0v) is 19.2. The summed E-state index contributed by atoms with van der Waals surface area (Å²) < 4.78 is 18.0. The minimum absolute atomic E-state index is 0.0703. The molecule has 34 heavy (non-hydrogen) atoms. The maximum absolute atomic E-state index is 14.8. The van der Waals surface area contributed by atoms with Crippen LogP contribution in [0.1, 0.15) is 25.1 Å². The molecule has 3 aromatic heterocycles. The molecule has 0 aliphatic rings. The minimum atomic E-state index is -0.828. The van der Waals surface area contributed by atoms with Crippen molar-refractivity contribution in [1.82, 2.24) is 24.3 Å². The minimum Gasteiger partial charge on any atom is -0.323 e. The number of hydrogen-bond donors (Lipinski definition) is 2. The van der Waals surface area contributed by atoms with E-state index in [1.807, 2.05) is 13.0 Å². The highest BCUT2D eigenvalue weighted by Gasteiger charge is 2.22. The maximum atomic E-state index is 14.8. The van der Waals surface area contributed by atoms with Crippen LogP contribution in [0.25, 0.3) is 16.7 Å². The molecule has 0 radical (unpaired) electrons. The Balaban J connectivity index is 1.71. The van der Waals surface area contributed by atoms with Crippen molar-refractivity contribution >= 4 is 34.1 Å².